The molecule has 2 aromatic rings. The second kappa shape index (κ2) is 6.08. The van der Waals surface area contributed by atoms with Crippen molar-refractivity contribution < 1.29 is 18.0 Å². The Hall–Kier alpha value is -2.16. The van der Waals surface area contributed by atoms with Gasteiger partial charge in [0.15, 0.2) is 0 Å². The van der Waals surface area contributed by atoms with Gasteiger partial charge in [-0.2, -0.15) is 23.0 Å². The van der Waals surface area contributed by atoms with Crippen LogP contribution in [0, 0.1) is 0 Å². The molecule has 0 aliphatic heterocycles. The molecule has 2 rings (SSSR count). The van der Waals surface area contributed by atoms with Gasteiger partial charge >= 0.3 is 6.18 Å². The molecule has 0 aliphatic carbocycles. The first-order valence-electron chi connectivity index (χ1n) is 5.71. The summed E-state index contributed by atoms with van der Waals surface area (Å²) >= 11 is 5.87. The van der Waals surface area contributed by atoms with Gasteiger partial charge in [0.2, 0.25) is 5.84 Å². The quantitative estimate of drug-likeness (QED) is 0.495. The highest BCUT2D eigenvalue weighted by atomic mass is 35.5. The SMILES string of the molecule is CCO/N=C(/c1ncc(C(F)(F)F)cc1Cl)n1cncn1. The molecule has 0 unspecified atom stereocenters. The van der Waals surface area contributed by atoms with Gasteiger partial charge in [-0.05, 0) is 13.0 Å². The summed E-state index contributed by atoms with van der Waals surface area (Å²) in [4.78, 5) is 12.3. The Balaban J connectivity index is 2.47. The Morgan fingerprint density at radius 2 is 2.24 bits per heavy atom. The molecule has 2 heterocycles. The van der Waals surface area contributed by atoms with E-state index < -0.39 is 11.7 Å². The molecule has 0 saturated carbocycles. The van der Waals surface area contributed by atoms with Crippen molar-refractivity contribution in [3.05, 3.63) is 41.2 Å². The lowest BCUT2D eigenvalue weighted by molar-refractivity contribution is -0.137. The van der Waals surface area contributed by atoms with Gasteiger partial charge < -0.3 is 4.84 Å². The molecule has 0 atom stereocenters. The molecule has 0 aromatic carbocycles. The zero-order chi connectivity index (χ0) is 15.5. The molecule has 0 aliphatic rings. The standard InChI is InChI=1S/C11H9ClF3N5O/c1-2-21-19-10(20-6-16-5-18-20)9-8(12)3-7(4-17-9)11(13,14)15/h3-6H,2H2,1H3/b19-10-. The zero-order valence-corrected chi connectivity index (χ0v) is 11.4. The van der Waals surface area contributed by atoms with Gasteiger partial charge in [0.05, 0.1) is 10.6 Å². The summed E-state index contributed by atoms with van der Waals surface area (Å²) in [5.74, 6) is 0.0353. The third-order valence-electron chi connectivity index (χ3n) is 2.30. The van der Waals surface area contributed by atoms with Gasteiger partial charge in [-0.1, -0.05) is 16.8 Å². The summed E-state index contributed by atoms with van der Waals surface area (Å²) in [7, 11) is 0. The van der Waals surface area contributed by atoms with Crippen LogP contribution >= 0.6 is 11.6 Å². The average molecular weight is 320 g/mol. The Morgan fingerprint density at radius 3 is 2.76 bits per heavy atom. The molecule has 0 amide bonds. The minimum Gasteiger partial charge on any atom is -0.394 e. The van der Waals surface area contributed by atoms with Crippen molar-refractivity contribution in [2.45, 2.75) is 13.1 Å². The van der Waals surface area contributed by atoms with E-state index in [4.69, 9.17) is 16.4 Å². The number of hydrogen-bond acceptors (Lipinski definition) is 5. The predicted octanol–water partition coefficient (Wildman–Crippen LogP) is 2.59. The maximum Gasteiger partial charge on any atom is 0.417 e. The van der Waals surface area contributed by atoms with Crippen molar-refractivity contribution in [2.24, 2.45) is 5.16 Å². The molecule has 0 N–H and O–H groups in total. The normalized spacial score (nSPS) is 12.5. The lowest BCUT2D eigenvalue weighted by Crippen LogP contribution is -2.18. The van der Waals surface area contributed by atoms with Gasteiger partial charge in [0.1, 0.15) is 25.0 Å². The van der Waals surface area contributed by atoms with E-state index in [2.05, 4.69) is 20.2 Å². The van der Waals surface area contributed by atoms with Gasteiger partial charge in [0, 0.05) is 6.20 Å². The molecule has 10 heteroatoms. The van der Waals surface area contributed by atoms with Crippen LogP contribution in [0.3, 0.4) is 0 Å². The number of nitrogens with zero attached hydrogens (tertiary/aromatic N) is 5. The molecule has 0 bridgehead atoms. The summed E-state index contributed by atoms with van der Waals surface area (Å²) in [6, 6.07) is 0.766. The second-order valence-electron chi connectivity index (χ2n) is 3.72. The Bertz CT molecular complexity index is 642. The van der Waals surface area contributed by atoms with Crippen LogP contribution in [0.4, 0.5) is 13.2 Å². The Kier molecular flexibility index (Phi) is 4.41. The number of alkyl halides is 3. The van der Waals surface area contributed by atoms with Crippen molar-refractivity contribution in [1.29, 1.82) is 0 Å². The number of rotatable bonds is 3. The highest BCUT2D eigenvalue weighted by molar-refractivity contribution is 6.33. The first kappa shape index (κ1) is 15.2. The van der Waals surface area contributed by atoms with Crippen molar-refractivity contribution >= 4 is 17.4 Å². The lowest BCUT2D eigenvalue weighted by atomic mass is 10.2. The molecule has 21 heavy (non-hydrogen) atoms. The minimum absolute atomic E-state index is 0.00335. The third-order valence-corrected chi connectivity index (χ3v) is 2.58. The first-order chi connectivity index (χ1) is 9.93. The maximum atomic E-state index is 12.6. The van der Waals surface area contributed by atoms with Crippen LogP contribution in [-0.4, -0.2) is 32.2 Å². The molecule has 0 saturated heterocycles. The third kappa shape index (κ3) is 3.48. The van der Waals surface area contributed by atoms with Crippen LogP contribution in [0.25, 0.3) is 0 Å². The number of oxime groups is 1. The molecular weight excluding hydrogens is 311 g/mol. The summed E-state index contributed by atoms with van der Waals surface area (Å²) in [5, 5.41) is 7.37. The first-order valence-corrected chi connectivity index (χ1v) is 6.09. The van der Waals surface area contributed by atoms with Gasteiger partial charge in [0.25, 0.3) is 0 Å². The van der Waals surface area contributed by atoms with Crippen molar-refractivity contribution in [3.8, 4) is 0 Å². The van der Waals surface area contributed by atoms with E-state index in [1.165, 1.54) is 17.3 Å². The maximum absolute atomic E-state index is 12.6. The predicted molar refractivity (Wildman–Crippen MR) is 67.8 cm³/mol. The van der Waals surface area contributed by atoms with Crippen LogP contribution in [0.2, 0.25) is 5.02 Å². The van der Waals surface area contributed by atoms with E-state index in [0.29, 0.717) is 6.20 Å². The summed E-state index contributed by atoms with van der Waals surface area (Å²) in [6.07, 6.45) is -1.33. The van der Waals surface area contributed by atoms with E-state index in [9.17, 15) is 13.2 Å². The fourth-order valence-corrected chi connectivity index (χ4v) is 1.65. The monoisotopic (exact) mass is 319 g/mol. The van der Waals surface area contributed by atoms with Crippen molar-refractivity contribution in [3.63, 3.8) is 0 Å². The summed E-state index contributed by atoms with van der Waals surface area (Å²) in [5.41, 5.74) is -0.950. The number of halogens is 4. The largest absolute Gasteiger partial charge is 0.417 e. The van der Waals surface area contributed by atoms with Crippen LogP contribution in [0.15, 0.2) is 30.1 Å². The van der Waals surface area contributed by atoms with Crippen LogP contribution in [0.1, 0.15) is 18.2 Å². The Labute approximate surface area is 122 Å². The van der Waals surface area contributed by atoms with E-state index in [1.807, 2.05) is 0 Å². The minimum atomic E-state index is -4.53. The molecule has 6 nitrogen and oxygen atoms in total. The van der Waals surface area contributed by atoms with Crippen molar-refractivity contribution in [1.82, 2.24) is 19.7 Å². The molecule has 2 aromatic heterocycles. The fraction of sp³-hybridized carbons (Fsp3) is 0.273. The lowest BCUT2D eigenvalue weighted by Gasteiger charge is -2.10. The summed E-state index contributed by atoms with van der Waals surface area (Å²) < 4.78 is 39.0. The zero-order valence-electron chi connectivity index (χ0n) is 10.7. The molecule has 0 fully saturated rings. The van der Waals surface area contributed by atoms with E-state index in [-0.39, 0.29) is 23.2 Å². The summed E-state index contributed by atoms with van der Waals surface area (Å²) in [6.45, 7) is 1.96. The molecule has 0 radical (unpaired) electrons. The number of pyridine rings is 1. The van der Waals surface area contributed by atoms with Gasteiger partial charge in [-0.15, -0.1) is 0 Å². The van der Waals surface area contributed by atoms with Crippen LogP contribution in [0.5, 0.6) is 0 Å². The number of aromatic nitrogens is 4. The topological polar surface area (TPSA) is 65.2 Å². The van der Waals surface area contributed by atoms with E-state index >= 15 is 0 Å². The Morgan fingerprint density at radius 1 is 1.48 bits per heavy atom. The van der Waals surface area contributed by atoms with Crippen LogP contribution < -0.4 is 0 Å². The number of hydrogen-bond donors (Lipinski definition) is 0. The van der Waals surface area contributed by atoms with Crippen LogP contribution in [-0.2, 0) is 11.0 Å². The van der Waals surface area contributed by atoms with Gasteiger partial charge in [-0.25, -0.2) is 4.98 Å². The molecule has 0 spiro atoms. The van der Waals surface area contributed by atoms with E-state index in [1.54, 1.807) is 6.92 Å². The van der Waals surface area contributed by atoms with E-state index in [0.717, 1.165) is 6.07 Å². The average Bonchev–Trinajstić information content (AvgIpc) is 2.93. The second-order valence-corrected chi connectivity index (χ2v) is 4.13. The molecular formula is C11H9ClF3N5O. The smallest absolute Gasteiger partial charge is 0.394 e. The van der Waals surface area contributed by atoms with Crippen molar-refractivity contribution in [2.75, 3.05) is 6.61 Å². The highest BCUT2D eigenvalue weighted by Gasteiger charge is 2.32. The highest BCUT2D eigenvalue weighted by Crippen LogP contribution is 2.31. The molecule has 112 valence electrons. The van der Waals surface area contributed by atoms with Gasteiger partial charge in [-0.3, -0.25) is 4.98 Å². The fourth-order valence-electron chi connectivity index (χ4n) is 1.39.